The SMILES string of the molecule is CP(C)C[P+](C)(C)[Si-2](Cl)(Cl)(Cl)(Cl)[P+](C)(C)CP(C)C. The summed E-state index contributed by atoms with van der Waals surface area (Å²) in [7, 11) is -0.221. The van der Waals surface area contributed by atoms with E-state index in [1.165, 1.54) is 0 Å². The second kappa shape index (κ2) is 5.87. The van der Waals surface area contributed by atoms with Crippen LogP contribution in [0, 0.1) is 0 Å². The monoisotopic (exact) mass is 440 g/mol. The fourth-order valence-electron chi connectivity index (χ4n) is 2.42. The van der Waals surface area contributed by atoms with Crippen LogP contribution >= 0.6 is 73.8 Å². The van der Waals surface area contributed by atoms with Gasteiger partial charge in [-0.05, 0) is 0 Å². The van der Waals surface area contributed by atoms with E-state index in [0.29, 0.717) is 0 Å². The molecular weight excluding hydrogens is 414 g/mol. The molecule has 0 fully saturated rings. The molecule has 0 aliphatic rings. The van der Waals surface area contributed by atoms with E-state index in [1.54, 1.807) is 0 Å². The Hall–Kier alpha value is 3.10. The van der Waals surface area contributed by atoms with Crippen LogP contribution in [0.5, 0.6) is 0 Å². The van der Waals surface area contributed by atoms with Gasteiger partial charge in [-0.15, -0.1) is 0 Å². The van der Waals surface area contributed by atoms with E-state index in [9.17, 15) is 0 Å². The molecule has 0 nitrogen and oxygen atoms in total. The Bertz CT molecular complexity index is 319. The van der Waals surface area contributed by atoms with Gasteiger partial charge in [0.15, 0.2) is 0 Å². The van der Waals surface area contributed by atoms with Crippen molar-refractivity contribution in [3.8, 4) is 0 Å². The van der Waals surface area contributed by atoms with Crippen LogP contribution in [-0.4, -0.2) is 68.3 Å². The van der Waals surface area contributed by atoms with Gasteiger partial charge in [0.25, 0.3) is 0 Å². The van der Waals surface area contributed by atoms with E-state index in [0.717, 1.165) is 11.8 Å². The molecule has 0 atom stereocenters. The van der Waals surface area contributed by atoms with Crippen LogP contribution in [0.4, 0.5) is 0 Å². The summed E-state index contributed by atoms with van der Waals surface area (Å²) >= 11 is 28.4. The van der Waals surface area contributed by atoms with Crippen LogP contribution in [-0.2, 0) is 0 Å². The van der Waals surface area contributed by atoms with E-state index in [4.69, 9.17) is 44.3 Å². The summed E-state index contributed by atoms with van der Waals surface area (Å²) in [6, 6.07) is 0. The Balaban J connectivity index is 5.95. The second-order valence-electron chi connectivity index (χ2n) is 7.02. The summed E-state index contributed by atoms with van der Waals surface area (Å²) in [5.41, 5.74) is 0. The predicted octanol–water partition coefficient (Wildman–Crippen LogP) is 7.23. The zero-order valence-electron chi connectivity index (χ0n) is 13.2. The van der Waals surface area contributed by atoms with E-state index in [-0.39, 0.29) is 15.8 Å². The first-order valence-corrected chi connectivity index (χ1v) is 25.4. The molecule has 0 aliphatic carbocycles. The zero-order chi connectivity index (χ0) is 16.0. The third kappa shape index (κ3) is 4.14. The maximum atomic E-state index is 7.09. The number of halogens is 4. The average Bonchev–Trinajstić information content (AvgIpc) is 1.93. The predicted molar refractivity (Wildman–Crippen MR) is 114 cm³/mol. The normalized spacial score (nSPS) is 18.6. The fraction of sp³-hybridized carbons (Fsp3) is 1.00. The van der Waals surface area contributed by atoms with Gasteiger partial charge in [-0.3, -0.25) is 0 Å². The summed E-state index contributed by atoms with van der Waals surface area (Å²) in [6.45, 7) is 14.1. The van der Waals surface area contributed by atoms with E-state index in [2.05, 4.69) is 53.3 Å². The maximum absolute atomic E-state index is 7.09. The fourth-order valence-corrected chi connectivity index (χ4v) is 60.0. The standard InChI is InChI=1S/C10H28Cl4P4Si/c1-15(2)9-17(5,6)19(11,12,13,14)18(7,8)10-16(3)4/h9-10H2,1-8H3. The number of hydrogen-bond acceptors (Lipinski definition) is 0. The molecule has 0 aromatic rings. The van der Waals surface area contributed by atoms with Gasteiger partial charge < -0.3 is 0 Å². The van der Waals surface area contributed by atoms with Crippen molar-refractivity contribution in [3.63, 3.8) is 0 Å². The van der Waals surface area contributed by atoms with Gasteiger partial charge in [0.05, 0.1) is 0 Å². The van der Waals surface area contributed by atoms with E-state index in [1.807, 2.05) is 0 Å². The average molecular weight is 442 g/mol. The summed E-state index contributed by atoms with van der Waals surface area (Å²) in [6.07, 6.45) is 0. The van der Waals surface area contributed by atoms with Crippen LogP contribution < -0.4 is 0 Å². The van der Waals surface area contributed by atoms with Crippen LogP contribution in [0.1, 0.15) is 0 Å². The molecule has 0 unspecified atom stereocenters. The van der Waals surface area contributed by atoms with Crippen molar-refractivity contribution in [3.05, 3.63) is 0 Å². The zero-order valence-corrected chi connectivity index (χ0v) is 20.8. The van der Waals surface area contributed by atoms with Crippen LogP contribution in [0.3, 0.4) is 0 Å². The van der Waals surface area contributed by atoms with E-state index < -0.39 is 16.8 Å². The molecule has 0 spiro atoms. The van der Waals surface area contributed by atoms with Crippen molar-refractivity contribution in [2.24, 2.45) is 0 Å². The first kappa shape index (κ1) is 22.1. The summed E-state index contributed by atoms with van der Waals surface area (Å²) in [4.78, 5) is 0. The molecule has 19 heavy (non-hydrogen) atoms. The van der Waals surface area contributed by atoms with Crippen LogP contribution in [0.25, 0.3) is 0 Å². The third-order valence-corrected chi connectivity index (χ3v) is 78.0. The van der Waals surface area contributed by atoms with Crippen LogP contribution in [0.2, 0.25) is 0 Å². The molecule has 0 aromatic carbocycles. The molecule has 0 heterocycles. The van der Waals surface area contributed by atoms with Crippen molar-refractivity contribution in [2.45, 2.75) is 0 Å². The van der Waals surface area contributed by atoms with Gasteiger partial charge in [-0.1, -0.05) is 0 Å². The van der Waals surface area contributed by atoms with E-state index >= 15 is 0 Å². The molecule has 9 heteroatoms. The van der Waals surface area contributed by atoms with Crippen molar-refractivity contribution >= 4 is 77.0 Å². The first-order valence-electron chi connectivity index (χ1n) is 6.05. The summed E-state index contributed by atoms with van der Waals surface area (Å²) in [5.74, 6) is 2.03. The van der Waals surface area contributed by atoms with Gasteiger partial charge in [-0.25, -0.2) is 0 Å². The molecule has 0 radical (unpaired) electrons. The van der Waals surface area contributed by atoms with Gasteiger partial charge in [-0.2, -0.15) is 0 Å². The molecule has 0 saturated heterocycles. The minimum absolute atomic E-state index is 0.110. The van der Waals surface area contributed by atoms with Gasteiger partial charge in [0.2, 0.25) is 0 Å². The molecule has 0 N–H and O–H groups in total. The second-order valence-corrected chi connectivity index (χ2v) is 58.9. The third-order valence-electron chi connectivity index (χ3n) is 3.64. The number of rotatable bonds is 6. The summed E-state index contributed by atoms with van der Waals surface area (Å²) in [5, 5.41) is 0. The molecular formula is C10H28Cl4P4Si. The van der Waals surface area contributed by atoms with Crippen LogP contribution in [0.15, 0.2) is 0 Å². The molecule has 0 rings (SSSR count). The van der Waals surface area contributed by atoms with Gasteiger partial charge in [0, 0.05) is 0 Å². The molecule has 0 bridgehead atoms. The quantitative estimate of drug-likeness (QED) is 0.231. The van der Waals surface area contributed by atoms with Gasteiger partial charge in [0.1, 0.15) is 0 Å². The molecule has 120 valence electrons. The Kier molecular flexibility index (Phi) is 6.83. The molecule has 0 saturated carbocycles. The molecule has 0 amide bonds. The van der Waals surface area contributed by atoms with Crippen molar-refractivity contribution in [1.82, 2.24) is 0 Å². The Morgan fingerprint density at radius 1 is 0.684 bits per heavy atom. The summed E-state index contributed by atoms with van der Waals surface area (Å²) < 4.78 is -4.59. The molecule has 0 aliphatic heterocycles. The first-order chi connectivity index (χ1) is 7.87. The Morgan fingerprint density at radius 3 is 1.05 bits per heavy atom. The number of hydrogen-bond donors (Lipinski definition) is 0. The topological polar surface area (TPSA) is 0 Å². The minimum atomic E-state index is -4.59. The molecule has 0 aromatic heterocycles. The Labute approximate surface area is 141 Å². The van der Waals surface area contributed by atoms with Crippen molar-refractivity contribution < 1.29 is 0 Å². The van der Waals surface area contributed by atoms with Crippen molar-refractivity contribution in [1.29, 1.82) is 0 Å². The van der Waals surface area contributed by atoms with Crippen molar-refractivity contribution in [2.75, 3.05) is 65.1 Å². The van der Waals surface area contributed by atoms with Gasteiger partial charge >= 0.3 is 142 Å². The Morgan fingerprint density at radius 2 is 0.895 bits per heavy atom.